The number of aryl methyl sites for hydroxylation is 1. The number of nitrogens with zero attached hydrogens (tertiary/aromatic N) is 3. The largest absolute Gasteiger partial charge is 0.383 e. The highest BCUT2D eigenvalue weighted by Gasteiger charge is 2.11. The Hall–Kier alpha value is -3.15. The molecule has 2 heterocycles. The van der Waals surface area contributed by atoms with E-state index in [4.69, 9.17) is 0 Å². The van der Waals surface area contributed by atoms with Crippen LogP contribution in [0.25, 0.3) is 11.4 Å². The molecule has 0 spiro atoms. The second kappa shape index (κ2) is 8.49. The molecular formula is C21H25N5O. The molecule has 3 rings (SSSR count). The highest BCUT2D eigenvalue weighted by atomic mass is 16.1. The molecule has 0 aliphatic heterocycles. The topological polar surface area (TPSA) is 71.8 Å². The van der Waals surface area contributed by atoms with Gasteiger partial charge in [0.2, 0.25) is 0 Å². The Labute approximate surface area is 159 Å². The summed E-state index contributed by atoms with van der Waals surface area (Å²) in [5.41, 5.74) is 3.68. The van der Waals surface area contributed by atoms with E-state index in [9.17, 15) is 4.79 Å². The second-order valence-electron chi connectivity index (χ2n) is 6.71. The molecule has 0 bridgehead atoms. The quantitative estimate of drug-likeness (QED) is 0.628. The number of imidazole rings is 1. The van der Waals surface area contributed by atoms with Gasteiger partial charge in [-0.1, -0.05) is 12.1 Å². The van der Waals surface area contributed by atoms with Crippen LogP contribution in [0, 0.1) is 6.92 Å². The predicted octanol–water partition coefficient (Wildman–Crippen LogP) is 3.68. The van der Waals surface area contributed by atoms with Gasteiger partial charge in [-0.25, -0.2) is 4.98 Å². The minimum atomic E-state index is -0.0900. The van der Waals surface area contributed by atoms with Crippen molar-refractivity contribution in [3.8, 4) is 11.4 Å². The Morgan fingerprint density at radius 1 is 1.19 bits per heavy atom. The average Bonchev–Trinajstić information content (AvgIpc) is 3.17. The Morgan fingerprint density at radius 3 is 2.81 bits per heavy atom. The first-order valence-electron chi connectivity index (χ1n) is 9.12. The average molecular weight is 363 g/mol. The third-order valence-electron chi connectivity index (χ3n) is 4.35. The first-order valence-corrected chi connectivity index (χ1v) is 9.12. The number of benzene rings is 1. The van der Waals surface area contributed by atoms with Crippen molar-refractivity contribution >= 4 is 11.6 Å². The van der Waals surface area contributed by atoms with E-state index in [0.29, 0.717) is 24.7 Å². The molecule has 0 aliphatic rings. The van der Waals surface area contributed by atoms with Gasteiger partial charge < -0.3 is 15.2 Å². The molecular weight excluding hydrogens is 338 g/mol. The van der Waals surface area contributed by atoms with Crippen LogP contribution < -0.4 is 10.6 Å². The van der Waals surface area contributed by atoms with Crippen molar-refractivity contribution in [2.75, 3.05) is 18.4 Å². The van der Waals surface area contributed by atoms with Gasteiger partial charge >= 0.3 is 0 Å². The molecule has 0 unspecified atom stereocenters. The molecule has 27 heavy (non-hydrogen) atoms. The molecule has 0 fully saturated rings. The van der Waals surface area contributed by atoms with E-state index in [1.54, 1.807) is 12.4 Å². The molecule has 6 nitrogen and oxygen atoms in total. The second-order valence-corrected chi connectivity index (χ2v) is 6.71. The zero-order valence-electron chi connectivity index (χ0n) is 15.9. The highest BCUT2D eigenvalue weighted by molar-refractivity contribution is 5.95. The summed E-state index contributed by atoms with van der Waals surface area (Å²) in [4.78, 5) is 21.0. The molecule has 0 saturated heterocycles. The number of aromatic nitrogens is 3. The van der Waals surface area contributed by atoms with Crippen molar-refractivity contribution < 1.29 is 4.79 Å². The molecule has 0 saturated carbocycles. The minimum absolute atomic E-state index is 0.0900. The van der Waals surface area contributed by atoms with E-state index in [1.807, 2.05) is 49.6 Å². The van der Waals surface area contributed by atoms with Crippen LogP contribution in [-0.2, 0) is 0 Å². The van der Waals surface area contributed by atoms with E-state index in [-0.39, 0.29) is 5.91 Å². The Bertz CT molecular complexity index is 916. The lowest BCUT2D eigenvalue weighted by atomic mass is 10.1. The number of carbonyl (C=O) groups is 1. The fourth-order valence-corrected chi connectivity index (χ4v) is 2.90. The van der Waals surface area contributed by atoms with Crippen molar-refractivity contribution in [2.45, 2.75) is 26.8 Å². The molecule has 0 atom stereocenters. The van der Waals surface area contributed by atoms with Gasteiger partial charge in [0.25, 0.3) is 5.91 Å². The molecule has 2 N–H and O–H groups in total. The lowest BCUT2D eigenvalue weighted by Crippen LogP contribution is -2.28. The lowest BCUT2D eigenvalue weighted by Gasteiger charge is -2.12. The lowest BCUT2D eigenvalue weighted by molar-refractivity contribution is 0.0955. The van der Waals surface area contributed by atoms with Gasteiger partial charge in [-0.2, -0.15) is 0 Å². The van der Waals surface area contributed by atoms with Gasteiger partial charge in [0, 0.05) is 60.7 Å². The number of anilines is 1. The number of carbonyl (C=O) groups excluding carboxylic acids is 1. The third-order valence-corrected chi connectivity index (χ3v) is 4.35. The number of pyridine rings is 1. The Kier molecular flexibility index (Phi) is 5.86. The SMILES string of the molecule is Cc1cnccc1NCCNC(=O)c1cccc(-c2nccn2C(C)C)c1. The van der Waals surface area contributed by atoms with Crippen LogP contribution in [0.15, 0.2) is 55.1 Å². The van der Waals surface area contributed by atoms with Gasteiger partial charge in [-0.05, 0) is 44.5 Å². The van der Waals surface area contributed by atoms with Gasteiger partial charge in [-0.3, -0.25) is 9.78 Å². The van der Waals surface area contributed by atoms with Crippen LogP contribution in [0.2, 0.25) is 0 Å². The van der Waals surface area contributed by atoms with Crippen molar-refractivity contribution in [1.29, 1.82) is 0 Å². The summed E-state index contributed by atoms with van der Waals surface area (Å²) in [5, 5.41) is 6.26. The summed E-state index contributed by atoms with van der Waals surface area (Å²) in [7, 11) is 0. The van der Waals surface area contributed by atoms with Crippen LogP contribution in [0.1, 0.15) is 35.8 Å². The summed E-state index contributed by atoms with van der Waals surface area (Å²) in [6.45, 7) is 7.40. The zero-order chi connectivity index (χ0) is 19.2. The first-order chi connectivity index (χ1) is 13.1. The summed E-state index contributed by atoms with van der Waals surface area (Å²) in [5.74, 6) is 0.780. The number of hydrogen-bond donors (Lipinski definition) is 2. The Morgan fingerprint density at radius 2 is 2.04 bits per heavy atom. The fourth-order valence-electron chi connectivity index (χ4n) is 2.90. The number of rotatable bonds is 7. The molecule has 0 aliphatic carbocycles. The van der Waals surface area contributed by atoms with Gasteiger partial charge in [0.1, 0.15) is 5.82 Å². The number of nitrogens with one attached hydrogen (secondary N) is 2. The molecule has 1 aromatic carbocycles. The van der Waals surface area contributed by atoms with Crippen LogP contribution in [-0.4, -0.2) is 33.5 Å². The van der Waals surface area contributed by atoms with Crippen molar-refractivity contribution in [3.05, 3.63) is 66.2 Å². The highest BCUT2D eigenvalue weighted by Crippen LogP contribution is 2.22. The molecule has 2 aromatic heterocycles. The predicted molar refractivity (Wildman–Crippen MR) is 108 cm³/mol. The smallest absolute Gasteiger partial charge is 0.251 e. The van der Waals surface area contributed by atoms with Crippen molar-refractivity contribution in [1.82, 2.24) is 19.9 Å². The summed E-state index contributed by atoms with van der Waals surface area (Å²) in [6, 6.07) is 9.81. The summed E-state index contributed by atoms with van der Waals surface area (Å²) in [6.07, 6.45) is 7.31. The van der Waals surface area contributed by atoms with Crippen molar-refractivity contribution in [3.63, 3.8) is 0 Å². The Balaban J connectivity index is 1.60. The minimum Gasteiger partial charge on any atom is -0.383 e. The van der Waals surface area contributed by atoms with Crippen molar-refractivity contribution in [2.24, 2.45) is 0 Å². The van der Waals surface area contributed by atoms with Gasteiger partial charge in [0.05, 0.1) is 0 Å². The van der Waals surface area contributed by atoms with Crippen LogP contribution in [0.3, 0.4) is 0 Å². The van der Waals surface area contributed by atoms with Gasteiger partial charge in [0.15, 0.2) is 0 Å². The van der Waals surface area contributed by atoms with Crippen LogP contribution in [0.5, 0.6) is 0 Å². The molecule has 1 amide bonds. The normalized spacial score (nSPS) is 10.8. The number of hydrogen-bond acceptors (Lipinski definition) is 4. The number of amides is 1. The maximum atomic E-state index is 12.5. The van der Waals surface area contributed by atoms with Gasteiger partial charge in [-0.15, -0.1) is 0 Å². The zero-order valence-corrected chi connectivity index (χ0v) is 15.9. The molecule has 140 valence electrons. The fraction of sp³-hybridized carbons (Fsp3) is 0.286. The van der Waals surface area contributed by atoms with Crippen LogP contribution in [0.4, 0.5) is 5.69 Å². The standard InChI is InChI=1S/C21H25N5O/c1-15(2)26-12-11-24-20(26)17-5-4-6-18(13-17)21(27)25-10-9-23-19-7-8-22-14-16(19)3/h4-8,11-15H,9-10H2,1-3H3,(H,22,23)(H,25,27). The van der Waals surface area contributed by atoms with E-state index in [1.165, 1.54) is 0 Å². The molecule has 3 aromatic rings. The summed E-state index contributed by atoms with van der Waals surface area (Å²) >= 11 is 0. The molecule has 0 radical (unpaired) electrons. The first kappa shape index (κ1) is 18.6. The monoisotopic (exact) mass is 363 g/mol. The van der Waals surface area contributed by atoms with E-state index in [2.05, 4.69) is 39.0 Å². The van der Waals surface area contributed by atoms with E-state index in [0.717, 1.165) is 22.6 Å². The molecule has 6 heteroatoms. The third kappa shape index (κ3) is 4.53. The maximum absolute atomic E-state index is 12.5. The maximum Gasteiger partial charge on any atom is 0.251 e. The summed E-state index contributed by atoms with van der Waals surface area (Å²) < 4.78 is 2.10. The van der Waals surface area contributed by atoms with E-state index >= 15 is 0 Å². The van der Waals surface area contributed by atoms with Crippen LogP contribution >= 0.6 is 0 Å². The van der Waals surface area contributed by atoms with E-state index < -0.39 is 0 Å².